The number of nitriles is 1. The highest BCUT2D eigenvalue weighted by Gasteiger charge is 2.06. The first-order chi connectivity index (χ1) is 3.85. The zero-order chi connectivity index (χ0) is 6.41. The minimum absolute atomic E-state index is 0.306. The molecule has 0 aromatic carbocycles. The standard InChI is InChI=1S/C6H12BN/c1-3-5-7(4-2)6-8/h3-5H2,1-2H3. The molecule has 0 bridgehead atoms. The van der Waals surface area contributed by atoms with Crippen LogP contribution in [0, 0.1) is 11.2 Å². The van der Waals surface area contributed by atoms with E-state index in [-0.39, 0.29) is 0 Å². The fraction of sp³-hybridized carbons (Fsp3) is 0.833. The van der Waals surface area contributed by atoms with Gasteiger partial charge < -0.3 is 0 Å². The van der Waals surface area contributed by atoms with Gasteiger partial charge >= 0.3 is 0 Å². The summed E-state index contributed by atoms with van der Waals surface area (Å²) in [5, 5.41) is 8.41. The smallest absolute Gasteiger partial charge is 0.213 e. The van der Waals surface area contributed by atoms with Crippen molar-refractivity contribution < 1.29 is 0 Å². The summed E-state index contributed by atoms with van der Waals surface area (Å²) in [5.74, 6) is 2.25. The van der Waals surface area contributed by atoms with Crippen LogP contribution in [0.5, 0.6) is 0 Å². The maximum absolute atomic E-state index is 8.41. The van der Waals surface area contributed by atoms with Crippen molar-refractivity contribution in [2.24, 2.45) is 0 Å². The van der Waals surface area contributed by atoms with Gasteiger partial charge in [-0.05, 0) is 0 Å². The van der Waals surface area contributed by atoms with E-state index in [1.807, 2.05) is 0 Å². The van der Waals surface area contributed by atoms with Gasteiger partial charge in [0.15, 0.2) is 0 Å². The summed E-state index contributed by atoms with van der Waals surface area (Å²) >= 11 is 0. The van der Waals surface area contributed by atoms with Crippen LogP contribution in [0.3, 0.4) is 0 Å². The van der Waals surface area contributed by atoms with Crippen molar-refractivity contribution in [3.05, 3.63) is 0 Å². The zero-order valence-corrected chi connectivity index (χ0v) is 5.65. The van der Waals surface area contributed by atoms with Crippen LogP contribution in [-0.2, 0) is 0 Å². The molecule has 0 aromatic heterocycles. The second-order valence-electron chi connectivity index (χ2n) is 2.02. The molecule has 0 aromatic rings. The third-order valence-electron chi connectivity index (χ3n) is 1.31. The van der Waals surface area contributed by atoms with E-state index in [9.17, 15) is 0 Å². The van der Waals surface area contributed by atoms with Crippen molar-refractivity contribution in [3.8, 4) is 5.97 Å². The summed E-state index contributed by atoms with van der Waals surface area (Å²) in [6.07, 6.45) is 3.20. The van der Waals surface area contributed by atoms with E-state index in [0.717, 1.165) is 19.1 Å². The van der Waals surface area contributed by atoms with E-state index in [1.54, 1.807) is 0 Å². The molecule has 0 rings (SSSR count). The van der Waals surface area contributed by atoms with Crippen molar-refractivity contribution in [1.29, 1.82) is 5.26 Å². The van der Waals surface area contributed by atoms with Crippen LogP contribution in [0.25, 0.3) is 0 Å². The summed E-state index contributed by atoms with van der Waals surface area (Å²) in [5.41, 5.74) is 0. The third kappa shape index (κ3) is 2.68. The fourth-order valence-electron chi connectivity index (χ4n) is 0.708. The van der Waals surface area contributed by atoms with Crippen molar-refractivity contribution in [2.45, 2.75) is 32.9 Å². The molecule has 8 heavy (non-hydrogen) atoms. The second-order valence-corrected chi connectivity index (χ2v) is 2.02. The summed E-state index contributed by atoms with van der Waals surface area (Å²) in [4.78, 5) is 0. The Balaban J connectivity index is 3.26. The molecule has 0 amide bonds. The van der Waals surface area contributed by atoms with Gasteiger partial charge in [-0.25, -0.2) is 5.26 Å². The normalized spacial score (nSPS) is 8.12. The lowest BCUT2D eigenvalue weighted by molar-refractivity contribution is 1.06. The monoisotopic (exact) mass is 109 g/mol. The van der Waals surface area contributed by atoms with Crippen LogP contribution in [0.15, 0.2) is 0 Å². The number of nitrogens with zero attached hydrogens (tertiary/aromatic N) is 1. The predicted octanol–water partition coefficient (Wildman–Crippen LogP) is 1.97. The predicted molar refractivity (Wildman–Crippen MR) is 36.9 cm³/mol. The van der Waals surface area contributed by atoms with Gasteiger partial charge in [-0.15, -0.1) is 0 Å². The molecule has 0 spiro atoms. The number of rotatable bonds is 3. The van der Waals surface area contributed by atoms with Gasteiger partial charge in [-0.1, -0.05) is 32.9 Å². The van der Waals surface area contributed by atoms with Crippen LogP contribution in [-0.4, -0.2) is 6.71 Å². The lowest BCUT2D eigenvalue weighted by Crippen LogP contribution is -2.05. The average molecular weight is 109 g/mol. The van der Waals surface area contributed by atoms with E-state index >= 15 is 0 Å². The summed E-state index contributed by atoms with van der Waals surface area (Å²) in [6, 6.07) is 0. The molecule has 2 heteroatoms. The molecule has 0 aliphatic heterocycles. The minimum Gasteiger partial charge on any atom is -0.213 e. The molecule has 0 aliphatic carbocycles. The molecule has 0 heterocycles. The van der Waals surface area contributed by atoms with E-state index in [0.29, 0.717) is 6.71 Å². The number of hydrogen-bond donors (Lipinski definition) is 0. The Bertz CT molecular complexity index is 85.0. The molecule has 1 nitrogen and oxygen atoms in total. The molecule has 0 fully saturated rings. The third-order valence-corrected chi connectivity index (χ3v) is 1.31. The van der Waals surface area contributed by atoms with Gasteiger partial charge in [0.05, 0.1) is 0 Å². The number of hydrogen-bond acceptors (Lipinski definition) is 1. The first-order valence-electron chi connectivity index (χ1n) is 3.24. The van der Waals surface area contributed by atoms with Crippen molar-refractivity contribution in [1.82, 2.24) is 0 Å². The largest absolute Gasteiger partial charge is 0.267 e. The topological polar surface area (TPSA) is 23.8 Å². The van der Waals surface area contributed by atoms with Crippen LogP contribution in [0.4, 0.5) is 0 Å². The Morgan fingerprint density at radius 2 is 2.12 bits per heavy atom. The minimum atomic E-state index is 0.306. The van der Waals surface area contributed by atoms with Gasteiger partial charge in [0, 0.05) is 5.97 Å². The van der Waals surface area contributed by atoms with Gasteiger partial charge in [0.1, 0.15) is 0 Å². The molecule has 44 valence electrons. The summed E-state index contributed by atoms with van der Waals surface area (Å²) < 4.78 is 0. The molecular weight excluding hydrogens is 96.9 g/mol. The Kier molecular flexibility index (Phi) is 4.45. The van der Waals surface area contributed by atoms with E-state index in [2.05, 4.69) is 19.8 Å². The van der Waals surface area contributed by atoms with Gasteiger partial charge in [-0.2, -0.15) is 0 Å². The van der Waals surface area contributed by atoms with Gasteiger partial charge in [-0.3, -0.25) is 0 Å². The maximum Gasteiger partial charge on any atom is 0.267 e. The lowest BCUT2D eigenvalue weighted by atomic mass is 9.46. The molecule has 0 radical (unpaired) electrons. The SMILES string of the molecule is CCCB(C#N)CC. The molecular formula is C6H12BN. The van der Waals surface area contributed by atoms with Crippen molar-refractivity contribution in [3.63, 3.8) is 0 Å². The highest BCUT2D eigenvalue weighted by Crippen LogP contribution is 1.99. The van der Waals surface area contributed by atoms with E-state index in [4.69, 9.17) is 5.26 Å². The Labute approximate surface area is 51.8 Å². The molecule has 0 saturated carbocycles. The van der Waals surface area contributed by atoms with Crippen LogP contribution < -0.4 is 0 Å². The van der Waals surface area contributed by atoms with Gasteiger partial charge in [0.25, 0.3) is 6.71 Å². The second kappa shape index (κ2) is 4.71. The zero-order valence-electron chi connectivity index (χ0n) is 5.65. The Morgan fingerprint density at radius 3 is 2.25 bits per heavy atom. The van der Waals surface area contributed by atoms with E-state index < -0.39 is 0 Å². The van der Waals surface area contributed by atoms with Gasteiger partial charge in [0.2, 0.25) is 0 Å². The Hall–Kier alpha value is -0.445. The first kappa shape index (κ1) is 7.55. The highest BCUT2D eigenvalue weighted by molar-refractivity contribution is 6.66. The van der Waals surface area contributed by atoms with Crippen molar-refractivity contribution in [2.75, 3.05) is 0 Å². The molecule has 0 atom stereocenters. The van der Waals surface area contributed by atoms with Crippen LogP contribution >= 0.6 is 0 Å². The Morgan fingerprint density at radius 1 is 1.50 bits per heavy atom. The molecule has 0 saturated heterocycles. The highest BCUT2D eigenvalue weighted by atomic mass is 14.2. The average Bonchev–Trinajstić information content (AvgIpc) is 1.83. The van der Waals surface area contributed by atoms with E-state index in [1.165, 1.54) is 0 Å². The van der Waals surface area contributed by atoms with Crippen LogP contribution in [0.2, 0.25) is 12.6 Å². The lowest BCUT2D eigenvalue weighted by Gasteiger charge is -1.94. The van der Waals surface area contributed by atoms with Crippen molar-refractivity contribution >= 4 is 6.71 Å². The first-order valence-corrected chi connectivity index (χ1v) is 3.24. The molecule has 0 N–H and O–H groups in total. The van der Waals surface area contributed by atoms with Crippen LogP contribution in [0.1, 0.15) is 20.3 Å². The molecule has 0 unspecified atom stereocenters. The molecule has 0 aliphatic rings. The quantitative estimate of drug-likeness (QED) is 0.508. The summed E-state index contributed by atoms with van der Waals surface area (Å²) in [7, 11) is 0. The summed E-state index contributed by atoms with van der Waals surface area (Å²) in [6.45, 7) is 4.48. The fourth-order valence-corrected chi connectivity index (χ4v) is 0.708. The maximum atomic E-state index is 8.41.